The Labute approximate surface area is 112 Å². The van der Waals surface area contributed by atoms with Crippen LogP contribution in [0.5, 0.6) is 0 Å². The Hall–Kier alpha value is -2.14. The van der Waals surface area contributed by atoms with Crippen molar-refractivity contribution in [2.24, 2.45) is 5.73 Å². The van der Waals surface area contributed by atoms with Crippen molar-refractivity contribution in [3.8, 4) is 5.69 Å². The van der Waals surface area contributed by atoms with Crippen molar-refractivity contribution in [1.29, 1.82) is 0 Å². The third-order valence-corrected chi connectivity index (χ3v) is 3.00. The highest BCUT2D eigenvalue weighted by molar-refractivity contribution is 5.90. The maximum atomic E-state index is 11.1. The molecule has 0 aliphatic rings. The van der Waals surface area contributed by atoms with Crippen LogP contribution in [0.3, 0.4) is 0 Å². The molecule has 3 N–H and O–H groups in total. The van der Waals surface area contributed by atoms with Gasteiger partial charge in [-0.25, -0.2) is 4.68 Å². The van der Waals surface area contributed by atoms with Crippen LogP contribution in [0, 0.1) is 0 Å². The molecule has 1 heterocycles. The zero-order valence-corrected chi connectivity index (χ0v) is 11.1. The molecule has 1 aromatic carbocycles. The normalized spacial score (nSPS) is 12.3. The Balaban J connectivity index is 2.40. The van der Waals surface area contributed by atoms with Crippen LogP contribution in [-0.2, 0) is 0 Å². The van der Waals surface area contributed by atoms with Crippen LogP contribution in [-0.4, -0.2) is 22.2 Å². The van der Waals surface area contributed by atoms with Crippen LogP contribution in [0.1, 0.15) is 35.9 Å². The molecule has 2 rings (SSSR count). The third kappa shape index (κ3) is 2.82. The van der Waals surface area contributed by atoms with E-state index >= 15 is 0 Å². The Morgan fingerprint density at radius 2 is 2.16 bits per heavy atom. The highest BCUT2D eigenvalue weighted by Gasteiger charge is 2.12. The van der Waals surface area contributed by atoms with Crippen molar-refractivity contribution in [2.45, 2.75) is 19.9 Å². The van der Waals surface area contributed by atoms with Gasteiger partial charge in [0.1, 0.15) is 5.69 Å². The molecule has 0 aliphatic carbocycles. The summed E-state index contributed by atoms with van der Waals surface area (Å²) in [6.45, 7) is 5.06. The lowest BCUT2D eigenvalue weighted by Crippen LogP contribution is -2.19. The summed E-state index contributed by atoms with van der Waals surface area (Å²) in [4.78, 5) is 11.1. The van der Waals surface area contributed by atoms with E-state index in [1.54, 1.807) is 16.9 Å². The second-order valence-electron chi connectivity index (χ2n) is 4.35. The number of nitrogens with one attached hydrogen (secondary N) is 1. The van der Waals surface area contributed by atoms with E-state index in [2.05, 4.69) is 24.3 Å². The summed E-state index contributed by atoms with van der Waals surface area (Å²) < 4.78 is 1.68. The van der Waals surface area contributed by atoms with Gasteiger partial charge in [0.05, 0.1) is 5.69 Å². The van der Waals surface area contributed by atoms with Gasteiger partial charge >= 0.3 is 0 Å². The molecular formula is C14H18N4O. The Morgan fingerprint density at radius 3 is 2.79 bits per heavy atom. The summed E-state index contributed by atoms with van der Waals surface area (Å²) in [6.07, 6.45) is 1.75. The molecule has 0 saturated heterocycles. The molecule has 5 heteroatoms. The van der Waals surface area contributed by atoms with E-state index in [1.165, 1.54) is 0 Å². The first kappa shape index (κ1) is 13.3. The van der Waals surface area contributed by atoms with Gasteiger partial charge in [-0.3, -0.25) is 4.79 Å². The molecule has 0 aliphatic heterocycles. The van der Waals surface area contributed by atoms with Crippen molar-refractivity contribution in [2.75, 3.05) is 6.54 Å². The summed E-state index contributed by atoms with van der Waals surface area (Å²) >= 11 is 0. The van der Waals surface area contributed by atoms with E-state index in [-0.39, 0.29) is 11.7 Å². The van der Waals surface area contributed by atoms with Crippen molar-refractivity contribution in [3.63, 3.8) is 0 Å². The molecular weight excluding hydrogens is 240 g/mol. The zero-order chi connectivity index (χ0) is 13.8. The van der Waals surface area contributed by atoms with Crippen molar-refractivity contribution < 1.29 is 4.79 Å². The number of para-hydroxylation sites is 1. The minimum atomic E-state index is -0.518. The summed E-state index contributed by atoms with van der Waals surface area (Å²) in [5, 5.41) is 7.57. The molecule has 19 heavy (non-hydrogen) atoms. The standard InChI is InChI=1S/C14H18N4O/c1-3-16-10(2)11-6-4-5-7-13(11)18-9-8-12(17-18)14(15)19/h4-10,16H,3H2,1-2H3,(H2,15,19). The van der Waals surface area contributed by atoms with Gasteiger partial charge in [0.2, 0.25) is 0 Å². The van der Waals surface area contributed by atoms with Gasteiger partial charge in [-0.15, -0.1) is 0 Å². The predicted molar refractivity (Wildman–Crippen MR) is 74.2 cm³/mol. The monoisotopic (exact) mass is 258 g/mol. The first-order valence-corrected chi connectivity index (χ1v) is 6.31. The van der Waals surface area contributed by atoms with Crippen LogP contribution in [0.2, 0.25) is 0 Å². The lowest BCUT2D eigenvalue weighted by Gasteiger charge is -2.17. The molecule has 0 saturated carbocycles. The largest absolute Gasteiger partial charge is 0.364 e. The summed E-state index contributed by atoms with van der Waals surface area (Å²) in [6, 6.07) is 9.79. The van der Waals surface area contributed by atoms with Crippen molar-refractivity contribution in [3.05, 3.63) is 47.8 Å². The van der Waals surface area contributed by atoms with Gasteiger partial charge in [0, 0.05) is 12.2 Å². The fraction of sp³-hybridized carbons (Fsp3) is 0.286. The number of rotatable bonds is 5. The highest BCUT2D eigenvalue weighted by Crippen LogP contribution is 2.21. The van der Waals surface area contributed by atoms with Crippen molar-refractivity contribution >= 4 is 5.91 Å². The lowest BCUT2D eigenvalue weighted by molar-refractivity contribution is 0.0995. The SMILES string of the molecule is CCNC(C)c1ccccc1-n1ccc(C(N)=O)n1. The molecule has 5 nitrogen and oxygen atoms in total. The number of amides is 1. The molecule has 2 aromatic rings. The smallest absolute Gasteiger partial charge is 0.269 e. The highest BCUT2D eigenvalue weighted by atomic mass is 16.1. The minimum absolute atomic E-state index is 0.211. The number of benzene rings is 1. The van der Waals surface area contributed by atoms with E-state index in [0.29, 0.717) is 0 Å². The molecule has 1 atom stereocenters. The number of nitrogens with zero attached hydrogens (tertiary/aromatic N) is 2. The summed E-state index contributed by atoms with van der Waals surface area (Å²) in [5.41, 5.74) is 7.57. The Bertz CT molecular complexity index is 576. The average molecular weight is 258 g/mol. The maximum absolute atomic E-state index is 11.1. The lowest BCUT2D eigenvalue weighted by atomic mass is 10.1. The van der Waals surface area contributed by atoms with Gasteiger partial charge in [-0.2, -0.15) is 5.10 Å². The van der Waals surface area contributed by atoms with Gasteiger partial charge in [0.15, 0.2) is 0 Å². The van der Waals surface area contributed by atoms with Crippen LogP contribution in [0.4, 0.5) is 0 Å². The van der Waals surface area contributed by atoms with Gasteiger partial charge < -0.3 is 11.1 Å². The van der Waals surface area contributed by atoms with E-state index in [9.17, 15) is 4.79 Å². The van der Waals surface area contributed by atoms with E-state index in [1.807, 2.05) is 24.3 Å². The molecule has 0 radical (unpaired) electrons. The van der Waals surface area contributed by atoms with Crippen LogP contribution >= 0.6 is 0 Å². The topological polar surface area (TPSA) is 72.9 Å². The zero-order valence-electron chi connectivity index (χ0n) is 11.1. The van der Waals surface area contributed by atoms with Crippen molar-refractivity contribution in [1.82, 2.24) is 15.1 Å². The maximum Gasteiger partial charge on any atom is 0.269 e. The number of aromatic nitrogens is 2. The van der Waals surface area contributed by atoms with Gasteiger partial charge in [-0.1, -0.05) is 25.1 Å². The number of carbonyl (C=O) groups excluding carboxylic acids is 1. The molecule has 1 aromatic heterocycles. The quantitative estimate of drug-likeness (QED) is 0.856. The predicted octanol–water partition coefficient (Wildman–Crippen LogP) is 1.64. The number of hydrogen-bond acceptors (Lipinski definition) is 3. The number of primary amides is 1. The molecule has 0 bridgehead atoms. The average Bonchev–Trinajstić information content (AvgIpc) is 2.88. The van der Waals surface area contributed by atoms with E-state index in [0.717, 1.165) is 17.8 Å². The summed E-state index contributed by atoms with van der Waals surface area (Å²) in [7, 11) is 0. The van der Waals surface area contributed by atoms with Crippen LogP contribution in [0.25, 0.3) is 5.69 Å². The number of carbonyl (C=O) groups is 1. The van der Waals surface area contributed by atoms with E-state index < -0.39 is 5.91 Å². The van der Waals surface area contributed by atoms with Crippen LogP contribution < -0.4 is 11.1 Å². The van der Waals surface area contributed by atoms with Gasteiger partial charge in [0.25, 0.3) is 5.91 Å². The number of hydrogen-bond donors (Lipinski definition) is 2. The second-order valence-corrected chi connectivity index (χ2v) is 4.35. The fourth-order valence-electron chi connectivity index (χ4n) is 2.07. The molecule has 1 amide bonds. The Kier molecular flexibility index (Phi) is 3.97. The first-order chi connectivity index (χ1) is 9.13. The molecule has 0 fully saturated rings. The summed E-state index contributed by atoms with van der Waals surface area (Å²) in [5.74, 6) is -0.518. The third-order valence-electron chi connectivity index (χ3n) is 3.00. The van der Waals surface area contributed by atoms with E-state index in [4.69, 9.17) is 5.73 Å². The molecule has 0 spiro atoms. The fourth-order valence-corrected chi connectivity index (χ4v) is 2.07. The molecule has 1 unspecified atom stereocenters. The second kappa shape index (κ2) is 5.67. The first-order valence-electron chi connectivity index (χ1n) is 6.31. The molecule has 100 valence electrons. The minimum Gasteiger partial charge on any atom is -0.364 e. The van der Waals surface area contributed by atoms with Gasteiger partial charge in [-0.05, 0) is 31.2 Å². The Morgan fingerprint density at radius 1 is 1.42 bits per heavy atom. The number of nitrogens with two attached hydrogens (primary N) is 1. The van der Waals surface area contributed by atoms with Crippen LogP contribution in [0.15, 0.2) is 36.5 Å².